The van der Waals surface area contributed by atoms with Crippen LogP contribution in [0.1, 0.15) is 81.2 Å². The van der Waals surface area contributed by atoms with Gasteiger partial charge in [0.25, 0.3) is 5.91 Å². The van der Waals surface area contributed by atoms with Gasteiger partial charge < -0.3 is 10.6 Å². The molecule has 3 aromatic heterocycles. The maximum absolute atomic E-state index is 15.4. The van der Waals surface area contributed by atoms with Crippen molar-refractivity contribution in [3.8, 4) is 11.1 Å². The molecule has 0 radical (unpaired) electrons. The molecule has 10 nitrogen and oxygen atoms in total. The summed E-state index contributed by atoms with van der Waals surface area (Å²) < 4.78 is 55.9. The first-order chi connectivity index (χ1) is 19.7. The van der Waals surface area contributed by atoms with Crippen LogP contribution in [0.3, 0.4) is 0 Å². The predicted octanol–water partition coefficient (Wildman–Crippen LogP) is 3.83. The number of hydrogen-bond donors (Lipinski definition) is 3. The van der Waals surface area contributed by atoms with Crippen LogP contribution in [-0.4, -0.2) is 48.0 Å². The number of pyridine rings is 1. The molecule has 2 aliphatic rings. The van der Waals surface area contributed by atoms with Crippen molar-refractivity contribution in [3.63, 3.8) is 0 Å². The fourth-order valence-corrected chi connectivity index (χ4v) is 4.97. The lowest BCUT2D eigenvalue weighted by atomic mass is 9.88. The first kappa shape index (κ1) is 19.5. The quantitative estimate of drug-likeness (QED) is 0.353. The minimum atomic E-state index is -3.05. The third kappa shape index (κ3) is 5.12. The van der Waals surface area contributed by atoms with Crippen molar-refractivity contribution in [2.75, 3.05) is 5.32 Å². The van der Waals surface area contributed by atoms with Gasteiger partial charge in [0.05, 0.1) is 11.9 Å². The number of amides is 2. The molecule has 0 unspecified atom stereocenters. The Hall–Kier alpha value is -3.63. The van der Waals surface area contributed by atoms with E-state index in [0.29, 0.717) is 11.8 Å². The smallest absolute Gasteiger partial charge is 0.271 e. The van der Waals surface area contributed by atoms with Gasteiger partial charge >= 0.3 is 0 Å². The second kappa shape index (κ2) is 10.0. The van der Waals surface area contributed by atoms with E-state index in [1.807, 2.05) is 13.8 Å². The Labute approximate surface area is 221 Å². The predicted molar refractivity (Wildman–Crippen MR) is 135 cm³/mol. The first-order valence-electron chi connectivity index (χ1n) is 14.9. The van der Waals surface area contributed by atoms with E-state index in [1.54, 1.807) is 0 Å². The van der Waals surface area contributed by atoms with Crippen molar-refractivity contribution in [1.82, 2.24) is 35.5 Å². The number of H-pyrrole nitrogens is 1. The lowest BCUT2D eigenvalue weighted by Gasteiger charge is -2.27. The maximum atomic E-state index is 15.4. The average Bonchev–Trinajstić information content (AvgIpc) is 3.83. The van der Waals surface area contributed by atoms with Crippen LogP contribution < -0.4 is 10.6 Å². The van der Waals surface area contributed by atoms with Gasteiger partial charge in [-0.2, -0.15) is 9.49 Å². The summed E-state index contributed by atoms with van der Waals surface area (Å²) in [5.41, 5.74) is -0.209. The van der Waals surface area contributed by atoms with Gasteiger partial charge in [0, 0.05) is 29.7 Å². The fourth-order valence-electron chi connectivity index (χ4n) is 4.97. The second-order valence-electron chi connectivity index (χ2n) is 10.1. The van der Waals surface area contributed by atoms with Gasteiger partial charge in [0.1, 0.15) is 17.6 Å². The summed E-state index contributed by atoms with van der Waals surface area (Å²) in [7, 11) is 0. The van der Waals surface area contributed by atoms with Gasteiger partial charge in [0.15, 0.2) is 0 Å². The second-order valence-corrected chi connectivity index (χ2v) is 10.1. The summed E-state index contributed by atoms with van der Waals surface area (Å²) in [6.45, 7) is 2.19. The molecule has 0 bridgehead atoms. The highest BCUT2D eigenvalue weighted by Crippen LogP contribution is 2.51. The summed E-state index contributed by atoms with van der Waals surface area (Å²) in [5.74, 6) is -1.67. The molecular weight excluding hydrogens is 475 g/mol. The Balaban J connectivity index is 1.41. The number of halogens is 1. The number of aromatic amines is 1. The summed E-state index contributed by atoms with van der Waals surface area (Å²) in [5, 5.41) is 19.7. The largest absolute Gasteiger partial charge is 0.339 e. The van der Waals surface area contributed by atoms with Crippen molar-refractivity contribution in [1.29, 1.82) is 0 Å². The number of nitrogens with one attached hydrogen (secondary N) is 3. The lowest BCUT2D eigenvalue weighted by molar-refractivity contribution is -0.119. The molecule has 2 aliphatic carbocycles. The van der Waals surface area contributed by atoms with Crippen LogP contribution in [0.15, 0.2) is 18.3 Å². The van der Waals surface area contributed by atoms with E-state index in [4.69, 9.17) is 6.85 Å². The molecule has 3 heterocycles. The SMILES string of the molecule is [2H]C([2H])([2H])C([2H])([2H])c1n[nH]c(C)c1-c1ccc(NC(=O)[C@@H](NC(=O)c2cnnn2C(C)C)C(C2CC2)C2CC2)nc1F. The van der Waals surface area contributed by atoms with Gasteiger partial charge in [-0.05, 0) is 82.7 Å². The molecule has 196 valence electrons. The van der Waals surface area contributed by atoms with Crippen LogP contribution in [0.4, 0.5) is 10.2 Å². The Morgan fingerprint density at radius 3 is 2.62 bits per heavy atom. The van der Waals surface area contributed by atoms with E-state index in [9.17, 15) is 9.59 Å². The average molecular weight is 514 g/mol. The Morgan fingerprint density at radius 2 is 2.00 bits per heavy atom. The molecule has 2 amide bonds. The van der Waals surface area contributed by atoms with E-state index >= 15 is 4.39 Å². The fraction of sp³-hybridized carbons (Fsp3) is 0.538. The van der Waals surface area contributed by atoms with E-state index in [2.05, 4.69) is 36.1 Å². The summed E-state index contributed by atoms with van der Waals surface area (Å²) >= 11 is 0. The topological polar surface area (TPSA) is 130 Å². The first-order valence-corrected chi connectivity index (χ1v) is 12.4. The van der Waals surface area contributed by atoms with Crippen LogP contribution in [0, 0.1) is 30.6 Å². The van der Waals surface area contributed by atoms with Gasteiger partial charge in [-0.1, -0.05) is 12.1 Å². The van der Waals surface area contributed by atoms with Crippen LogP contribution in [-0.2, 0) is 11.2 Å². The molecule has 5 rings (SSSR count). The minimum Gasteiger partial charge on any atom is -0.339 e. The number of aryl methyl sites for hydroxylation is 2. The molecule has 0 aliphatic heterocycles. The molecule has 0 saturated heterocycles. The number of aromatic nitrogens is 6. The van der Waals surface area contributed by atoms with Crippen molar-refractivity contribution in [3.05, 3.63) is 41.4 Å². The van der Waals surface area contributed by atoms with Gasteiger partial charge in [0.2, 0.25) is 11.9 Å². The maximum Gasteiger partial charge on any atom is 0.271 e. The van der Waals surface area contributed by atoms with E-state index < -0.39 is 42.7 Å². The van der Waals surface area contributed by atoms with E-state index in [-0.39, 0.29) is 40.3 Å². The van der Waals surface area contributed by atoms with Crippen LogP contribution in [0.2, 0.25) is 0 Å². The van der Waals surface area contributed by atoms with Crippen molar-refractivity contribution in [2.24, 2.45) is 17.8 Å². The zero-order valence-corrected chi connectivity index (χ0v) is 20.9. The van der Waals surface area contributed by atoms with Crippen molar-refractivity contribution >= 4 is 17.6 Å². The molecular formula is C26H33FN8O2. The molecule has 37 heavy (non-hydrogen) atoms. The molecule has 3 N–H and O–H groups in total. The van der Waals surface area contributed by atoms with Gasteiger partial charge in [-0.15, -0.1) is 5.10 Å². The molecule has 3 aromatic rings. The standard InChI is InChI=1S/C26H33FN8O2/c1-5-18-21(14(4)32-33-18)17-10-11-20(29-24(17)27)30-26(37)23(22(15-6-7-15)16-8-9-16)31-25(36)19-12-28-34-35(19)13(2)3/h10-13,15-16,22-23H,5-9H2,1-4H3,(H,31,36)(H,32,33)(H,29,30,37)/t23-/m0/s1/i1D3,5D2. The Morgan fingerprint density at radius 1 is 1.27 bits per heavy atom. The molecule has 2 fully saturated rings. The van der Waals surface area contributed by atoms with E-state index in [0.717, 1.165) is 25.7 Å². The monoisotopic (exact) mass is 513 g/mol. The van der Waals surface area contributed by atoms with Crippen molar-refractivity contribution < 1.29 is 20.8 Å². The number of carbonyl (C=O) groups excluding carboxylic acids is 2. The number of nitrogens with zero attached hydrogens (tertiary/aromatic N) is 5. The highest BCUT2D eigenvalue weighted by Gasteiger charge is 2.48. The van der Waals surface area contributed by atoms with Crippen LogP contribution in [0.5, 0.6) is 0 Å². The van der Waals surface area contributed by atoms with Gasteiger partial charge in [-0.25, -0.2) is 9.67 Å². The highest BCUT2D eigenvalue weighted by molar-refractivity contribution is 6.00. The third-order valence-corrected chi connectivity index (χ3v) is 7.02. The molecule has 2 saturated carbocycles. The van der Waals surface area contributed by atoms with Crippen LogP contribution >= 0.6 is 0 Å². The molecule has 0 aromatic carbocycles. The minimum absolute atomic E-state index is 0.0537. The zero-order chi connectivity index (χ0) is 30.6. The summed E-state index contributed by atoms with van der Waals surface area (Å²) in [6.07, 6.45) is 2.34. The van der Waals surface area contributed by atoms with Crippen LogP contribution in [0.25, 0.3) is 11.1 Å². The van der Waals surface area contributed by atoms with E-state index in [1.165, 1.54) is 29.9 Å². The third-order valence-electron chi connectivity index (χ3n) is 7.02. The number of anilines is 1. The molecule has 11 heteroatoms. The Kier molecular flexibility index (Phi) is 5.28. The van der Waals surface area contributed by atoms with Crippen molar-refractivity contribution in [2.45, 2.75) is 71.8 Å². The van der Waals surface area contributed by atoms with Gasteiger partial charge in [-0.3, -0.25) is 14.7 Å². The lowest BCUT2D eigenvalue weighted by Crippen LogP contribution is -2.50. The zero-order valence-electron chi connectivity index (χ0n) is 25.9. The molecule has 1 atom stereocenters. The normalized spacial score (nSPS) is 19.0. The number of rotatable bonds is 10. The number of hydrogen-bond acceptors (Lipinski definition) is 6. The highest BCUT2D eigenvalue weighted by atomic mass is 19.1. The summed E-state index contributed by atoms with van der Waals surface area (Å²) in [6, 6.07) is 1.61. The molecule has 0 spiro atoms. The Bertz CT molecular complexity index is 1480. The summed E-state index contributed by atoms with van der Waals surface area (Å²) in [4.78, 5) is 30.8. The number of carbonyl (C=O) groups is 2.